The van der Waals surface area contributed by atoms with Gasteiger partial charge in [0.2, 0.25) is 0 Å². The molecule has 0 atom stereocenters. The minimum atomic E-state index is -0.877. The van der Waals surface area contributed by atoms with Crippen molar-refractivity contribution in [2.75, 3.05) is 11.9 Å². The van der Waals surface area contributed by atoms with Gasteiger partial charge < -0.3 is 16.2 Å². The zero-order valence-electron chi connectivity index (χ0n) is 7.16. The topological polar surface area (TPSA) is 75.3 Å². The third-order valence-corrected chi connectivity index (χ3v) is 1.61. The molecule has 0 amide bonds. The van der Waals surface area contributed by atoms with E-state index in [2.05, 4.69) is 5.32 Å². The molecule has 0 fully saturated rings. The first-order chi connectivity index (χ1) is 6.22. The fourth-order valence-corrected chi connectivity index (χ4v) is 0.986. The number of aliphatic carboxylic acids is 1. The number of nitrogens with two attached hydrogens (primary N) is 1. The maximum Gasteiger partial charge on any atom is 0.322 e. The number of benzene rings is 1. The first-order valence-corrected chi connectivity index (χ1v) is 3.97. The van der Waals surface area contributed by atoms with E-state index in [1.54, 1.807) is 0 Å². The Labute approximate surface area is 76.4 Å². The molecular formula is C9H12N2O2. The molecule has 4 nitrogen and oxygen atoms in total. The van der Waals surface area contributed by atoms with Crippen molar-refractivity contribution in [2.45, 2.75) is 6.54 Å². The summed E-state index contributed by atoms with van der Waals surface area (Å²) in [7, 11) is 0. The third-order valence-electron chi connectivity index (χ3n) is 1.61. The molecule has 0 saturated carbocycles. The fraction of sp³-hybridized carbons (Fsp3) is 0.222. The van der Waals surface area contributed by atoms with Gasteiger partial charge in [-0.05, 0) is 17.7 Å². The average Bonchev–Trinajstić information content (AvgIpc) is 2.15. The van der Waals surface area contributed by atoms with Crippen molar-refractivity contribution < 1.29 is 9.90 Å². The summed E-state index contributed by atoms with van der Waals surface area (Å²) < 4.78 is 0. The van der Waals surface area contributed by atoms with Crippen LogP contribution in [0.2, 0.25) is 0 Å². The lowest BCUT2D eigenvalue weighted by molar-refractivity contribution is -0.134. The first-order valence-electron chi connectivity index (χ1n) is 3.97. The van der Waals surface area contributed by atoms with Gasteiger partial charge in [-0.25, -0.2) is 0 Å². The molecule has 1 rings (SSSR count). The van der Waals surface area contributed by atoms with E-state index in [4.69, 9.17) is 10.8 Å². The first kappa shape index (κ1) is 9.54. The largest absolute Gasteiger partial charge is 0.480 e. The highest BCUT2D eigenvalue weighted by atomic mass is 16.4. The standard InChI is InChI=1S/C9H12N2O2/c10-5-7-2-1-3-8(4-7)11-6-9(12)13/h1-4,11H,5-6,10H2,(H,12,13). The molecule has 0 unspecified atom stereocenters. The van der Waals surface area contributed by atoms with Gasteiger partial charge in [0.15, 0.2) is 0 Å². The van der Waals surface area contributed by atoms with E-state index < -0.39 is 5.97 Å². The van der Waals surface area contributed by atoms with Crippen molar-refractivity contribution in [2.24, 2.45) is 5.73 Å². The van der Waals surface area contributed by atoms with Gasteiger partial charge in [-0.15, -0.1) is 0 Å². The quantitative estimate of drug-likeness (QED) is 0.635. The number of carboxylic acid groups (broad SMARTS) is 1. The van der Waals surface area contributed by atoms with Crippen LogP contribution in [0, 0.1) is 0 Å². The predicted octanol–water partition coefficient (Wildman–Crippen LogP) is 0.642. The van der Waals surface area contributed by atoms with Crippen molar-refractivity contribution in [3.8, 4) is 0 Å². The maximum absolute atomic E-state index is 10.2. The molecule has 0 saturated heterocycles. The van der Waals surface area contributed by atoms with Crippen LogP contribution in [0.5, 0.6) is 0 Å². The number of hydrogen-bond donors (Lipinski definition) is 3. The molecule has 0 aliphatic rings. The van der Waals surface area contributed by atoms with Crippen LogP contribution in [0.15, 0.2) is 24.3 Å². The van der Waals surface area contributed by atoms with Crippen LogP contribution >= 0.6 is 0 Å². The fourth-order valence-electron chi connectivity index (χ4n) is 0.986. The van der Waals surface area contributed by atoms with E-state index in [1.165, 1.54) is 0 Å². The van der Waals surface area contributed by atoms with E-state index in [9.17, 15) is 4.79 Å². The van der Waals surface area contributed by atoms with Crippen molar-refractivity contribution >= 4 is 11.7 Å². The van der Waals surface area contributed by atoms with Crippen LogP contribution in [0.1, 0.15) is 5.56 Å². The summed E-state index contributed by atoms with van der Waals surface area (Å²) in [6.45, 7) is 0.386. The molecule has 0 aliphatic carbocycles. The zero-order valence-corrected chi connectivity index (χ0v) is 7.16. The Kier molecular flexibility index (Phi) is 3.28. The molecule has 0 aliphatic heterocycles. The van der Waals surface area contributed by atoms with E-state index >= 15 is 0 Å². The number of hydrogen-bond acceptors (Lipinski definition) is 3. The summed E-state index contributed by atoms with van der Waals surface area (Å²) in [6, 6.07) is 7.38. The number of rotatable bonds is 4. The Balaban J connectivity index is 2.61. The molecule has 70 valence electrons. The number of carbonyl (C=O) groups is 1. The number of nitrogens with one attached hydrogen (secondary N) is 1. The van der Waals surface area contributed by atoms with Gasteiger partial charge in [0, 0.05) is 12.2 Å². The average molecular weight is 180 g/mol. The van der Waals surface area contributed by atoms with Gasteiger partial charge in [-0.2, -0.15) is 0 Å². The van der Waals surface area contributed by atoms with Crippen molar-refractivity contribution in [1.29, 1.82) is 0 Å². The monoisotopic (exact) mass is 180 g/mol. The van der Waals surface area contributed by atoms with Crippen LogP contribution in [-0.4, -0.2) is 17.6 Å². The number of anilines is 1. The Morgan fingerprint density at radius 1 is 1.54 bits per heavy atom. The normalized spacial score (nSPS) is 9.62. The lowest BCUT2D eigenvalue weighted by atomic mass is 10.2. The zero-order chi connectivity index (χ0) is 9.68. The Morgan fingerprint density at radius 3 is 2.92 bits per heavy atom. The van der Waals surface area contributed by atoms with E-state index in [-0.39, 0.29) is 6.54 Å². The summed E-state index contributed by atoms with van der Waals surface area (Å²) in [6.07, 6.45) is 0. The minimum absolute atomic E-state index is 0.0754. The molecule has 4 heteroatoms. The summed E-state index contributed by atoms with van der Waals surface area (Å²) in [5, 5.41) is 11.2. The smallest absolute Gasteiger partial charge is 0.322 e. The highest BCUT2D eigenvalue weighted by molar-refractivity contribution is 5.72. The van der Waals surface area contributed by atoms with Crippen LogP contribution < -0.4 is 11.1 Å². The van der Waals surface area contributed by atoms with Crippen molar-refractivity contribution in [3.05, 3.63) is 29.8 Å². The molecule has 0 radical (unpaired) electrons. The Hall–Kier alpha value is -1.55. The second-order valence-corrected chi connectivity index (χ2v) is 2.65. The molecular weight excluding hydrogens is 168 g/mol. The molecule has 13 heavy (non-hydrogen) atoms. The van der Waals surface area contributed by atoms with Crippen LogP contribution in [-0.2, 0) is 11.3 Å². The molecule has 0 heterocycles. The molecule has 1 aromatic carbocycles. The van der Waals surface area contributed by atoms with E-state index in [0.29, 0.717) is 6.54 Å². The van der Waals surface area contributed by atoms with Gasteiger partial charge in [0.25, 0.3) is 0 Å². The maximum atomic E-state index is 10.2. The third kappa shape index (κ3) is 3.13. The lowest BCUT2D eigenvalue weighted by Gasteiger charge is -2.04. The minimum Gasteiger partial charge on any atom is -0.480 e. The predicted molar refractivity (Wildman–Crippen MR) is 50.5 cm³/mol. The molecule has 1 aromatic rings. The highest BCUT2D eigenvalue weighted by Gasteiger charge is 1.97. The van der Waals surface area contributed by atoms with Gasteiger partial charge in [-0.1, -0.05) is 12.1 Å². The van der Waals surface area contributed by atoms with Crippen molar-refractivity contribution in [3.63, 3.8) is 0 Å². The Morgan fingerprint density at radius 2 is 2.31 bits per heavy atom. The van der Waals surface area contributed by atoms with Gasteiger partial charge in [0.1, 0.15) is 6.54 Å². The molecule has 0 bridgehead atoms. The molecule has 0 aromatic heterocycles. The molecule has 0 spiro atoms. The summed E-state index contributed by atoms with van der Waals surface area (Å²) in [5.41, 5.74) is 7.20. The second-order valence-electron chi connectivity index (χ2n) is 2.65. The van der Waals surface area contributed by atoms with Gasteiger partial charge >= 0.3 is 5.97 Å². The number of carboxylic acids is 1. The van der Waals surface area contributed by atoms with Gasteiger partial charge in [0.05, 0.1) is 0 Å². The van der Waals surface area contributed by atoms with Gasteiger partial charge in [-0.3, -0.25) is 4.79 Å². The highest BCUT2D eigenvalue weighted by Crippen LogP contribution is 2.09. The summed E-state index contributed by atoms with van der Waals surface area (Å²) in [4.78, 5) is 10.2. The molecule has 4 N–H and O–H groups in total. The summed E-state index contributed by atoms with van der Waals surface area (Å²) >= 11 is 0. The van der Waals surface area contributed by atoms with Crippen LogP contribution in [0.3, 0.4) is 0 Å². The Bertz CT molecular complexity index is 299. The second kappa shape index (κ2) is 4.47. The SMILES string of the molecule is NCc1cccc(NCC(=O)O)c1. The van der Waals surface area contributed by atoms with Crippen LogP contribution in [0.4, 0.5) is 5.69 Å². The van der Waals surface area contributed by atoms with E-state index in [0.717, 1.165) is 11.3 Å². The van der Waals surface area contributed by atoms with Crippen molar-refractivity contribution in [1.82, 2.24) is 0 Å². The van der Waals surface area contributed by atoms with Crippen LogP contribution in [0.25, 0.3) is 0 Å². The van der Waals surface area contributed by atoms with E-state index in [1.807, 2.05) is 24.3 Å². The summed E-state index contributed by atoms with van der Waals surface area (Å²) in [5.74, 6) is -0.877. The lowest BCUT2D eigenvalue weighted by Crippen LogP contribution is -2.12.